The van der Waals surface area contributed by atoms with E-state index >= 15 is 0 Å². The molecule has 1 aliphatic heterocycles. The van der Waals surface area contributed by atoms with Crippen molar-refractivity contribution in [2.45, 2.75) is 46.2 Å². The van der Waals surface area contributed by atoms with Crippen LogP contribution in [0, 0.1) is 0 Å². The summed E-state index contributed by atoms with van der Waals surface area (Å²) in [5.74, 6) is 0.830. The van der Waals surface area contributed by atoms with Gasteiger partial charge in [0.25, 0.3) is 0 Å². The molecule has 0 atom stereocenters. The van der Waals surface area contributed by atoms with Gasteiger partial charge in [0.05, 0.1) is 24.7 Å². The Labute approximate surface area is 226 Å². The summed E-state index contributed by atoms with van der Waals surface area (Å²) in [7, 11) is 0. The fraction of sp³-hybridized carbons (Fsp3) is 0.355. The number of carbonyl (C=O) groups is 2. The highest BCUT2D eigenvalue weighted by molar-refractivity contribution is 6.05. The number of hydrogen-bond acceptors (Lipinski definition) is 6. The van der Waals surface area contributed by atoms with Crippen molar-refractivity contribution in [3.63, 3.8) is 0 Å². The number of rotatable bonds is 6. The maximum atomic E-state index is 12.6. The molecule has 4 aromatic rings. The van der Waals surface area contributed by atoms with E-state index in [2.05, 4.69) is 38.2 Å². The molecule has 1 aliphatic carbocycles. The van der Waals surface area contributed by atoms with E-state index in [0.29, 0.717) is 37.9 Å². The van der Waals surface area contributed by atoms with Crippen molar-refractivity contribution in [3.8, 4) is 22.6 Å². The highest BCUT2D eigenvalue weighted by Gasteiger charge is 2.42. The van der Waals surface area contributed by atoms with Gasteiger partial charge in [-0.25, -0.2) is 9.59 Å². The number of esters is 2. The minimum atomic E-state index is -0.352. The van der Waals surface area contributed by atoms with E-state index in [9.17, 15) is 9.59 Å². The third kappa shape index (κ3) is 4.15. The fourth-order valence-electron chi connectivity index (χ4n) is 5.98. The highest BCUT2D eigenvalue weighted by Crippen LogP contribution is 2.53. The summed E-state index contributed by atoms with van der Waals surface area (Å²) < 4.78 is 26.1. The monoisotopic (exact) mass is 528 g/mol. The Morgan fingerprint density at radius 3 is 2.31 bits per heavy atom. The van der Waals surface area contributed by atoms with E-state index in [4.69, 9.17) is 18.9 Å². The molecule has 0 saturated carbocycles. The first kappa shape index (κ1) is 25.1. The van der Waals surface area contributed by atoms with Crippen LogP contribution in [-0.2, 0) is 37.6 Å². The van der Waals surface area contributed by atoms with Crippen LogP contribution in [0.5, 0.6) is 11.5 Å². The van der Waals surface area contributed by atoms with Crippen molar-refractivity contribution in [1.29, 1.82) is 0 Å². The van der Waals surface area contributed by atoms with Crippen LogP contribution in [-0.4, -0.2) is 38.4 Å². The summed E-state index contributed by atoms with van der Waals surface area (Å²) in [6, 6.07) is 10.3. The first-order chi connectivity index (χ1) is 18.8. The normalized spacial score (nSPS) is 14.7. The van der Waals surface area contributed by atoms with Crippen molar-refractivity contribution < 1.29 is 37.7 Å². The molecule has 0 amide bonds. The molecule has 6 rings (SSSR count). The van der Waals surface area contributed by atoms with Crippen molar-refractivity contribution in [2.75, 3.05) is 26.4 Å². The van der Waals surface area contributed by atoms with E-state index in [-0.39, 0.29) is 30.4 Å². The van der Waals surface area contributed by atoms with Crippen LogP contribution in [0.25, 0.3) is 32.8 Å². The highest BCUT2D eigenvalue weighted by atomic mass is 16.6. The average molecular weight is 529 g/mol. The minimum absolute atomic E-state index is 0.0955. The maximum Gasteiger partial charge on any atom is 0.372 e. The van der Waals surface area contributed by atoms with E-state index in [0.717, 1.165) is 38.4 Å². The Kier molecular flexibility index (Phi) is 6.13. The van der Waals surface area contributed by atoms with Crippen LogP contribution in [0.1, 0.15) is 38.8 Å². The van der Waals surface area contributed by atoms with Gasteiger partial charge in [-0.2, -0.15) is 9.13 Å². The van der Waals surface area contributed by atoms with Gasteiger partial charge in [-0.15, -0.1) is 0 Å². The number of hydrogen-bond donors (Lipinski definition) is 0. The van der Waals surface area contributed by atoms with Crippen LogP contribution >= 0.6 is 0 Å². The molecule has 0 bridgehead atoms. The molecular formula is C31H32N2O6+2. The molecule has 200 valence electrons. The van der Waals surface area contributed by atoms with Crippen molar-refractivity contribution in [1.82, 2.24) is 0 Å². The van der Waals surface area contributed by atoms with Gasteiger partial charge in [-0.1, -0.05) is 19.9 Å². The van der Waals surface area contributed by atoms with Crippen LogP contribution < -0.4 is 18.6 Å². The molecule has 0 radical (unpaired) electrons. The molecule has 0 spiro atoms. The zero-order valence-electron chi connectivity index (χ0n) is 22.7. The van der Waals surface area contributed by atoms with Crippen molar-refractivity contribution in [3.05, 3.63) is 60.0 Å². The first-order valence-corrected chi connectivity index (χ1v) is 13.4. The fourth-order valence-corrected chi connectivity index (χ4v) is 5.98. The molecule has 2 aromatic carbocycles. The predicted octanol–water partition coefficient (Wildman–Crippen LogP) is 3.77. The van der Waals surface area contributed by atoms with Gasteiger partial charge < -0.3 is 18.9 Å². The molecule has 2 aromatic heterocycles. The summed E-state index contributed by atoms with van der Waals surface area (Å²) >= 11 is 0. The second-order valence-electron chi connectivity index (χ2n) is 10.4. The standard InChI is InChI=1S/C31H32N2O6/c1-5-36-27(34)17-32-10-9-20-19(15-32)7-8-21-29-22-13-25-26(39-12-11-38-25)14-24(22)33(18-28(35)37-6-2)16-23(29)31(3,4)30(20)21/h7-10,13-16H,5-6,11-12,17-18H2,1-4H3/q+2. The molecule has 8 heteroatoms. The Morgan fingerprint density at radius 2 is 1.59 bits per heavy atom. The molecule has 0 unspecified atom stereocenters. The van der Waals surface area contributed by atoms with Gasteiger partial charge >= 0.3 is 11.9 Å². The Balaban J connectivity index is 1.56. The number of ether oxygens (including phenoxy) is 4. The summed E-state index contributed by atoms with van der Waals surface area (Å²) in [4.78, 5) is 24.7. The molecule has 0 fully saturated rings. The maximum absolute atomic E-state index is 12.6. The van der Waals surface area contributed by atoms with Crippen LogP contribution in [0.2, 0.25) is 0 Å². The number of nitrogens with zero attached hydrogens (tertiary/aromatic N) is 2. The zero-order valence-corrected chi connectivity index (χ0v) is 22.7. The minimum Gasteiger partial charge on any atom is -0.486 e. The SMILES string of the molecule is CCOC(=O)C[n+]1ccc2c3c(ccc2c1)-c1c(c[n+](CC(=O)OCC)c2cc4c(cc12)OCCO4)C3(C)C. The summed E-state index contributed by atoms with van der Waals surface area (Å²) in [5.41, 5.74) is 5.15. The number of aromatic nitrogens is 2. The summed E-state index contributed by atoms with van der Waals surface area (Å²) in [5, 5.41) is 3.16. The third-order valence-electron chi connectivity index (χ3n) is 7.60. The smallest absolute Gasteiger partial charge is 0.372 e. The number of carbonyl (C=O) groups excluding carboxylic acids is 2. The Morgan fingerprint density at radius 1 is 0.897 bits per heavy atom. The van der Waals surface area contributed by atoms with Crippen LogP contribution in [0.4, 0.5) is 0 Å². The quantitative estimate of drug-likeness (QED) is 0.280. The number of fused-ring (bicyclic) bond motifs is 8. The second-order valence-corrected chi connectivity index (χ2v) is 10.4. The Bertz CT molecular complexity index is 1660. The second kappa shape index (κ2) is 9.52. The lowest BCUT2D eigenvalue weighted by atomic mass is 9.81. The zero-order chi connectivity index (χ0) is 27.3. The lowest BCUT2D eigenvalue weighted by Gasteiger charge is -2.22. The molecule has 3 heterocycles. The first-order valence-electron chi connectivity index (χ1n) is 13.4. The number of pyridine rings is 2. The predicted molar refractivity (Wildman–Crippen MR) is 144 cm³/mol. The molecule has 0 N–H and O–H groups in total. The van der Waals surface area contributed by atoms with E-state index in [1.807, 2.05) is 40.6 Å². The van der Waals surface area contributed by atoms with E-state index in [1.54, 1.807) is 6.92 Å². The molecule has 0 saturated heterocycles. The summed E-state index contributed by atoms with van der Waals surface area (Å²) in [6.45, 7) is 9.98. The van der Waals surface area contributed by atoms with Gasteiger partial charge in [0, 0.05) is 28.0 Å². The van der Waals surface area contributed by atoms with Crippen LogP contribution in [0.3, 0.4) is 0 Å². The molecule has 8 nitrogen and oxygen atoms in total. The topological polar surface area (TPSA) is 78.8 Å². The third-order valence-corrected chi connectivity index (χ3v) is 7.60. The lowest BCUT2D eigenvalue weighted by molar-refractivity contribution is -0.684. The van der Waals surface area contributed by atoms with E-state index < -0.39 is 0 Å². The largest absolute Gasteiger partial charge is 0.486 e. The molecular weight excluding hydrogens is 496 g/mol. The van der Waals surface area contributed by atoms with E-state index in [1.165, 1.54) is 5.56 Å². The van der Waals surface area contributed by atoms with Crippen LogP contribution in [0.15, 0.2) is 48.9 Å². The van der Waals surface area contributed by atoms with Gasteiger partial charge in [0.1, 0.15) is 13.2 Å². The van der Waals surface area contributed by atoms with Gasteiger partial charge in [-0.3, -0.25) is 0 Å². The van der Waals surface area contributed by atoms with Crippen molar-refractivity contribution in [2.24, 2.45) is 0 Å². The van der Waals surface area contributed by atoms with Crippen molar-refractivity contribution >= 4 is 33.6 Å². The summed E-state index contributed by atoms with van der Waals surface area (Å²) in [6.07, 6.45) is 6.01. The van der Waals surface area contributed by atoms with Gasteiger partial charge in [0.15, 0.2) is 30.1 Å². The molecule has 39 heavy (non-hydrogen) atoms. The average Bonchev–Trinajstić information content (AvgIpc) is 3.14. The Hall–Kier alpha value is -4.20. The number of benzene rings is 2. The lowest BCUT2D eigenvalue weighted by Crippen LogP contribution is -2.41. The van der Waals surface area contributed by atoms with Gasteiger partial charge in [-0.05, 0) is 42.5 Å². The van der Waals surface area contributed by atoms with Gasteiger partial charge in [0.2, 0.25) is 18.6 Å². The molecule has 2 aliphatic rings.